The molecule has 1 heterocycles. The number of alkyl halides is 3. The van der Waals surface area contributed by atoms with E-state index in [1.807, 2.05) is 0 Å². The second kappa shape index (κ2) is 3.96. The molecular weight excluding hydrogens is 203 g/mol. The molecule has 1 saturated heterocycles. The van der Waals surface area contributed by atoms with Crippen LogP contribution in [0, 0.1) is 0 Å². The molecule has 0 saturated carbocycles. The molecule has 0 bridgehead atoms. The first kappa shape index (κ1) is 11.0. The average molecular weight is 215 g/mol. The van der Waals surface area contributed by atoms with Gasteiger partial charge in [-0.1, -0.05) is 0 Å². The molecule has 3 atom stereocenters. The van der Waals surface area contributed by atoms with Gasteiger partial charge in [-0.3, -0.25) is 4.21 Å². The van der Waals surface area contributed by atoms with Gasteiger partial charge in [0, 0.05) is 28.3 Å². The lowest BCUT2D eigenvalue weighted by Gasteiger charge is -2.21. The third-order valence-electron chi connectivity index (χ3n) is 2.01. The molecule has 0 aromatic carbocycles. The molecule has 1 rings (SSSR count). The molecule has 0 spiro atoms. The average Bonchev–Trinajstić information content (AvgIpc) is 2.12. The Morgan fingerprint density at radius 1 is 1.46 bits per heavy atom. The Kier molecular flexibility index (Phi) is 3.34. The third kappa shape index (κ3) is 3.27. The largest absolute Gasteiger partial charge is 0.404 e. The Bertz CT molecular complexity index is 206. The van der Waals surface area contributed by atoms with Gasteiger partial charge in [0.25, 0.3) is 0 Å². The summed E-state index contributed by atoms with van der Waals surface area (Å²) in [6, 6.07) is -1.82. The maximum atomic E-state index is 12.3. The van der Waals surface area contributed by atoms with Gasteiger partial charge in [0.2, 0.25) is 0 Å². The predicted octanol–water partition coefficient (Wildman–Crippen LogP) is 1.05. The van der Waals surface area contributed by atoms with E-state index in [1.54, 1.807) is 6.92 Å². The van der Waals surface area contributed by atoms with Gasteiger partial charge < -0.3 is 5.32 Å². The highest BCUT2D eigenvalue weighted by Gasteiger charge is 2.42. The Balaban J connectivity index is 2.67. The van der Waals surface area contributed by atoms with Crippen molar-refractivity contribution >= 4 is 10.8 Å². The van der Waals surface area contributed by atoms with Crippen molar-refractivity contribution in [1.82, 2.24) is 5.32 Å². The van der Waals surface area contributed by atoms with Gasteiger partial charge in [0.15, 0.2) is 0 Å². The zero-order chi connectivity index (χ0) is 10.1. The summed E-state index contributed by atoms with van der Waals surface area (Å²) in [6.45, 7) is 1.68. The molecule has 1 aliphatic heterocycles. The molecule has 0 aromatic rings. The first-order chi connectivity index (χ1) is 5.89. The van der Waals surface area contributed by atoms with E-state index in [0.717, 1.165) is 0 Å². The lowest BCUT2D eigenvalue weighted by Crippen LogP contribution is -2.47. The standard InChI is InChI=1S/C7H12F3NOS/c1-5-2-3-13(12)4-6(11-5)7(8,9)10/h5-6,11H,2-4H2,1H3. The molecule has 3 unspecified atom stereocenters. The van der Waals surface area contributed by atoms with Crippen LogP contribution >= 0.6 is 0 Å². The van der Waals surface area contributed by atoms with Crippen LogP contribution in [0.1, 0.15) is 13.3 Å². The summed E-state index contributed by atoms with van der Waals surface area (Å²) in [4.78, 5) is 0. The van der Waals surface area contributed by atoms with Gasteiger partial charge in [-0.2, -0.15) is 13.2 Å². The minimum Gasteiger partial charge on any atom is -0.303 e. The number of rotatable bonds is 0. The van der Waals surface area contributed by atoms with Crippen molar-refractivity contribution in [2.24, 2.45) is 0 Å². The van der Waals surface area contributed by atoms with E-state index in [0.29, 0.717) is 12.2 Å². The second-order valence-corrected chi connectivity index (χ2v) is 4.88. The number of hydrogen-bond acceptors (Lipinski definition) is 2. The Hall–Kier alpha value is -0.100. The van der Waals surface area contributed by atoms with Gasteiger partial charge in [0.05, 0.1) is 0 Å². The van der Waals surface area contributed by atoms with Crippen LogP contribution in [0.2, 0.25) is 0 Å². The van der Waals surface area contributed by atoms with Crippen LogP contribution in [0.3, 0.4) is 0 Å². The van der Waals surface area contributed by atoms with Crippen molar-refractivity contribution in [3.8, 4) is 0 Å². The summed E-state index contributed by atoms with van der Waals surface area (Å²) >= 11 is 0. The van der Waals surface area contributed by atoms with E-state index >= 15 is 0 Å². The molecule has 1 fully saturated rings. The van der Waals surface area contributed by atoms with Gasteiger partial charge in [0.1, 0.15) is 6.04 Å². The fourth-order valence-corrected chi connectivity index (χ4v) is 2.68. The van der Waals surface area contributed by atoms with E-state index in [1.165, 1.54) is 0 Å². The first-order valence-electron chi connectivity index (χ1n) is 4.07. The van der Waals surface area contributed by atoms with E-state index in [-0.39, 0.29) is 11.8 Å². The maximum Gasteiger partial charge on any atom is 0.404 e. The smallest absolute Gasteiger partial charge is 0.303 e. The predicted molar refractivity (Wildman–Crippen MR) is 44.9 cm³/mol. The molecule has 6 heteroatoms. The van der Waals surface area contributed by atoms with E-state index in [2.05, 4.69) is 5.32 Å². The molecule has 78 valence electrons. The van der Waals surface area contributed by atoms with Crippen LogP contribution in [-0.2, 0) is 10.8 Å². The van der Waals surface area contributed by atoms with Crippen molar-refractivity contribution in [1.29, 1.82) is 0 Å². The minimum atomic E-state index is -4.28. The van der Waals surface area contributed by atoms with Gasteiger partial charge in [-0.25, -0.2) is 0 Å². The zero-order valence-electron chi connectivity index (χ0n) is 7.23. The molecule has 0 aromatic heterocycles. The van der Waals surface area contributed by atoms with Crippen molar-refractivity contribution in [2.75, 3.05) is 11.5 Å². The van der Waals surface area contributed by atoms with Crippen LogP contribution in [-0.4, -0.2) is 34.0 Å². The molecule has 13 heavy (non-hydrogen) atoms. The zero-order valence-corrected chi connectivity index (χ0v) is 8.04. The minimum absolute atomic E-state index is 0.210. The summed E-state index contributed by atoms with van der Waals surface area (Å²) in [5, 5.41) is 2.43. The maximum absolute atomic E-state index is 12.3. The SMILES string of the molecule is CC1CCS(=O)CC(C(F)(F)F)N1. The topological polar surface area (TPSA) is 29.1 Å². The highest BCUT2D eigenvalue weighted by atomic mass is 32.2. The number of halogens is 3. The summed E-state index contributed by atoms with van der Waals surface area (Å²) in [7, 11) is -1.34. The second-order valence-electron chi connectivity index (χ2n) is 3.26. The summed E-state index contributed by atoms with van der Waals surface area (Å²) in [5.41, 5.74) is 0. The molecule has 0 aliphatic carbocycles. The van der Waals surface area contributed by atoms with Gasteiger partial charge in [-0.15, -0.1) is 0 Å². The number of hydrogen-bond donors (Lipinski definition) is 1. The van der Waals surface area contributed by atoms with E-state index in [4.69, 9.17) is 0 Å². The van der Waals surface area contributed by atoms with Crippen LogP contribution in [0.25, 0.3) is 0 Å². The molecule has 0 amide bonds. The lowest BCUT2D eigenvalue weighted by molar-refractivity contribution is -0.151. The normalized spacial score (nSPS) is 37.1. The first-order valence-corrected chi connectivity index (χ1v) is 5.56. The van der Waals surface area contributed by atoms with Crippen LogP contribution in [0.15, 0.2) is 0 Å². The molecular formula is C7H12F3NOS. The van der Waals surface area contributed by atoms with Crippen molar-refractivity contribution in [3.63, 3.8) is 0 Å². The van der Waals surface area contributed by atoms with E-state index < -0.39 is 23.0 Å². The summed E-state index contributed by atoms with van der Waals surface area (Å²) in [5.74, 6) is 0.0502. The quantitative estimate of drug-likeness (QED) is 0.654. The Morgan fingerprint density at radius 2 is 2.08 bits per heavy atom. The van der Waals surface area contributed by atoms with E-state index in [9.17, 15) is 17.4 Å². The van der Waals surface area contributed by atoms with Crippen LogP contribution in [0.4, 0.5) is 13.2 Å². The Labute approximate surface area is 77.3 Å². The van der Waals surface area contributed by atoms with Crippen molar-refractivity contribution in [3.05, 3.63) is 0 Å². The Morgan fingerprint density at radius 3 is 2.62 bits per heavy atom. The molecule has 0 radical (unpaired) electrons. The van der Waals surface area contributed by atoms with Crippen molar-refractivity contribution in [2.45, 2.75) is 31.6 Å². The van der Waals surface area contributed by atoms with Gasteiger partial charge >= 0.3 is 6.18 Å². The molecule has 1 aliphatic rings. The highest BCUT2D eigenvalue weighted by molar-refractivity contribution is 7.85. The van der Waals surface area contributed by atoms with Crippen LogP contribution < -0.4 is 5.32 Å². The van der Waals surface area contributed by atoms with Gasteiger partial charge in [-0.05, 0) is 13.3 Å². The lowest BCUT2D eigenvalue weighted by atomic mass is 10.2. The highest BCUT2D eigenvalue weighted by Crippen LogP contribution is 2.23. The molecule has 2 nitrogen and oxygen atoms in total. The third-order valence-corrected chi connectivity index (χ3v) is 3.41. The van der Waals surface area contributed by atoms with Crippen LogP contribution in [0.5, 0.6) is 0 Å². The fourth-order valence-electron chi connectivity index (χ4n) is 1.24. The summed E-state index contributed by atoms with van der Waals surface area (Å²) < 4.78 is 47.9. The monoisotopic (exact) mass is 215 g/mol. The fraction of sp³-hybridized carbons (Fsp3) is 1.00. The molecule has 1 N–H and O–H groups in total. The van der Waals surface area contributed by atoms with Crippen molar-refractivity contribution < 1.29 is 17.4 Å². The summed E-state index contributed by atoms with van der Waals surface area (Å²) in [6.07, 6.45) is -3.74. The number of nitrogens with one attached hydrogen (secondary N) is 1.